The standard InChI is InChI=1S/C94H175O25P/c1-6-10-14-18-22-25-28-31-34-37-40-43-46-53-60-66-78(97)111-72-76-82(101)84(103)88(107)94(115-76)118-91-89(116-80(99)68-62-56-48-45-42-39-36-33-30-27-24-20-16-12-8-3)85(104)86(105)90(117-93-87(106)83(102)81(100)75(69-95)114-93)92(91)119-120(108,109)112-71-74(113-79(98)67-61-55-47-44-41-38-35-32-29-26-23-19-15-11-7-2)70-110-77(96)65-59-54-50-49-52-58-64-73(5)63-57-51-21-17-13-9-4/h25,28,73-76,81-95,100-107H,6-24,26-27,29-72H2,1-5H3,(H,108,109)/b28-25-. The number of hydrogen-bond donors (Lipinski definition) is 10. The molecule has 2 saturated heterocycles. The van der Waals surface area contributed by atoms with Gasteiger partial charge in [0.25, 0.3) is 0 Å². The zero-order valence-corrected chi connectivity index (χ0v) is 76.4. The molecule has 120 heavy (non-hydrogen) atoms. The highest BCUT2D eigenvalue weighted by Crippen LogP contribution is 2.49. The Kier molecular flexibility index (Phi) is 67.0. The van der Waals surface area contributed by atoms with Crippen LogP contribution in [0, 0.1) is 5.92 Å². The Bertz CT molecular complexity index is 2550. The van der Waals surface area contributed by atoms with Crippen LogP contribution in [0.15, 0.2) is 12.2 Å². The minimum absolute atomic E-state index is 0.0108. The van der Waals surface area contributed by atoms with Gasteiger partial charge in [-0.2, -0.15) is 0 Å². The third-order valence-electron chi connectivity index (χ3n) is 24.2. The summed E-state index contributed by atoms with van der Waals surface area (Å²) in [7, 11) is -5.81. The van der Waals surface area contributed by atoms with Gasteiger partial charge in [-0.3, -0.25) is 28.2 Å². The summed E-state index contributed by atoms with van der Waals surface area (Å²) < 4.78 is 73.6. The van der Waals surface area contributed by atoms with E-state index in [0.29, 0.717) is 38.0 Å². The molecule has 3 fully saturated rings. The van der Waals surface area contributed by atoms with E-state index < -0.39 is 162 Å². The van der Waals surface area contributed by atoms with Crippen molar-refractivity contribution in [3.63, 3.8) is 0 Å². The molecule has 1 saturated carbocycles. The zero-order chi connectivity index (χ0) is 87.6. The van der Waals surface area contributed by atoms with Crippen LogP contribution in [0.3, 0.4) is 0 Å². The van der Waals surface area contributed by atoms with Gasteiger partial charge in [0.15, 0.2) is 24.8 Å². The predicted octanol–water partition coefficient (Wildman–Crippen LogP) is 18.6. The number of carbonyl (C=O) groups is 4. The predicted molar refractivity (Wildman–Crippen MR) is 467 cm³/mol. The maximum absolute atomic E-state index is 14.9. The fourth-order valence-electron chi connectivity index (χ4n) is 16.3. The number of allylic oxidation sites excluding steroid dienone is 2. The molecule has 0 radical (unpaired) electrons. The highest BCUT2D eigenvalue weighted by atomic mass is 31.2. The summed E-state index contributed by atoms with van der Waals surface area (Å²) in [5, 5.41) is 102. The van der Waals surface area contributed by atoms with Gasteiger partial charge in [0.2, 0.25) is 0 Å². The number of carbonyl (C=O) groups excluding carboxylic acids is 4. The largest absolute Gasteiger partial charge is 0.472 e. The number of aliphatic hydroxyl groups excluding tert-OH is 9. The monoisotopic (exact) mass is 1740 g/mol. The number of aliphatic hydroxyl groups is 9. The van der Waals surface area contributed by atoms with Gasteiger partial charge >= 0.3 is 31.7 Å². The fourth-order valence-corrected chi connectivity index (χ4v) is 17.3. The molecule has 26 heteroatoms. The Labute approximate surface area is 724 Å². The molecule has 10 N–H and O–H groups in total. The number of unbranched alkanes of at least 4 members (excludes halogenated alkanes) is 49. The summed E-state index contributed by atoms with van der Waals surface area (Å²) in [4.78, 5) is 66.6. The van der Waals surface area contributed by atoms with Crippen molar-refractivity contribution in [3.8, 4) is 0 Å². The van der Waals surface area contributed by atoms with Crippen molar-refractivity contribution in [1.29, 1.82) is 0 Å². The van der Waals surface area contributed by atoms with E-state index in [1.54, 1.807) is 0 Å². The summed E-state index contributed by atoms with van der Waals surface area (Å²) in [6.45, 7) is 7.96. The molecule has 1 aliphatic carbocycles. The topological polar surface area (TPSA) is 380 Å². The van der Waals surface area contributed by atoms with E-state index in [0.717, 1.165) is 148 Å². The molecule has 2 heterocycles. The van der Waals surface area contributed by atoms with Gasteiger partial charge in [-0.05, 0) is 57.3 Å². The van der Waals surface area contributed by atoms with Crippen LogP contribution in [0.25, 0.3) is 0 Å². The first-order chi connectivity index (χ1) is 58.1. The molecule has 0 aromatic rings. The van der Waals surface area contributed by atoms with Crippen LogP contribution in [-0.2, 0) is 70.7 Å². The second-order valence-corrected chi connectivity index (χ2v) is 36.6. The summed E-state index contributed by atoms with van der Waals surface area (Å²) in [6, 6.07) is 0. The first-order valence-electron chi connectivity index (χ1n) is 48.8. The van der Waals surface area contributed by atoms with E-state index in [9.17, 15) is 74.6 Å². The first kappa shape index (κ1) is 111. The Morgan fingerprint density at radius 2 is 0.675 bits per heavy atom. The lowest BCUT2D eigenvalue weighted by Crippen LogP contribution is -2.70. The van der Waals surface area contributed by atoms with Gasteiger partial charge < -0.3 is 88.7 Å². The molecule has 0 bridgehead atoms. The van der Waals surface area contributed by atoms with E-state index in [2.05, 4.69) is 46.8 Å². The van der Waals surface area contributed by atoms with Gasteiger partial charge in [-0.25, -0.2) is 4.57 Å². The maximum Gasteiger partial charge on any atom is 0.472 e. The number of phosphoric acid groups is 1. The average Bonchev–Trinajstić information content (AvgIpc) is 0.753. The maximum atomic E-state index is 14.9. The summed E-state index contributed by atoms with van der Waals surface area (Å²) >= 11 is 0. The Morgan fingerprint density at radius 1 is 0.350 bits per heavy atom. The molecule has 706 valence electrons. The van der Waals surface area contributed by atoms with Gasteiger partial charge in [0, 0.05) is 25.7 Å². The molecule has 3 aliphatic rings. The van der Waals surface area contributed by atoms with Gasteiger partial charge in [-0.1, -0.05) is 361 Å². The minimum Gasteiger partial charge on any atom is -0.463 e. The fraction of sp³-hybridized carbons (Fsp3) is 0.936. The van der Waals surface area contributed by atoms with E-state index in [4.69, 9.17) is 46.9 Å². The molecule has 3 rings (SSSR count). The van der Waals surface area contributed by atoms with E-state index in [1.807, 2.05) is 0 Å². The van der Waals surface area contributed by atoms with Crippen LogP contribution in [0.5, 0.6) is 0 Å². The lowest BCUT2D eigenvalue weighted by Gasteiger charge is -2.50. The van der Waals surface area contributed by atoms with Crippen molar-refractivity contribution in [2.45, 2.75) is 530 Å². The molecule has 0 aromatic carbocycles. The Hall–Kier alpha value is -2.79. The van der Waals surface area contributed by atoms with Crippen LogP contribution in [0.4, 0.5) is 0 Å². The highest BCUT2D eigenvalue weighted by molar-refractivity contribution is 7.47. The van der Waals surface area contributed by atoms with Crippen LogP contribution in [0.2, 0.25) is 0 Å². The third-order valence-corrected chi connectivity index (χ3v) is 25.2. The van der Waals surface area contributed by atoms with Crippen molar-refractivity contribution in [1.82, 2.24) is 0 Å². The lowest BCUT2D eigenvalue weighted by molar-refractivity contribution is -0.360. The number of phosphoric ester groups is 1. The van der Waals surface area contributed by atoms with E-state index in [-0.39, 0.29) is 25.7 Å². The van der Waals surface area contributed by atoms with Crippen molar-refractivity contribution in [2.75, 3.05) is 26.4 Å². The SMILES string of the molecule is CCCCCC/C=C\CCCCCCCCCC(=O)OCC1OC(OC2C(OC(=O)CCCCCCCCCCCCCCCCC)C(O)C(O)C(OC3OC(CO)C(O)C(O)C3O)C2OP(=O)(O)OCC(COC(=O)CCCCCCCCC(C)CCCCCCCC)OC(=O)CCCCCCCCCCCCCCCCC)C(O)C(O)C1O. The Morgan fingerprint density at radius 3 is 1.08 bits per heavy atom. The molecular weight excluding hydrogens is 1560 g/mol. The number of esters is 4. The summed E-state index contributed by atoms with van der Waals surface area (Å²) in [5.41, 5.74) is 0. The van der Waals surface area contributed by atoms with Crippen LogP contribution in [-0.4, -0.2) is 205 Å². The normalized spacial score (nSPS) is 25.0. The summed E-state index contributed by atoms with van der Waals surface area (Å²) in [6.07, 6.45) is 30.4. The summed E-state index contributed by atoms with van der Waals surface area (Å²) in [5.74, 6) is -2.26. The van der Waals surface area contributed by atoms with Crippen molar-refractivity contribution >= 4 is 31.7 Å². The van der Waals surface area contributed by atoms with Crippen LogP contribution in [0.1, 0.15) is 426 Å². The average molecular weight is 1740 g/mol. The quantitative estimate of drug-likeness (QED) is 0.00889. The van der Waals surface area contributed by atoms with Crippen molar-refractivity contribution in [3.05, 3.63) is 12.2 Å². The van der Waals surface area contributed by atoms with Gasteiger partial charge in [0.1, 0.15) is 92.6 Å². The lowest BCUT2D eigenvalue weighted by atomic mass is 9.84. The number of hydrogen-bond acceptors (Lipinski definition) is 24. The minimum atomic E-state index is -5.81. The zero-order valence-electron chi connectivity index (χ0n) is 75.6. The molecule has 0 spiro atoms. The van der Waals surface area contributed by atoms with Crippen LogP contribution >= 0.6 is 7.82 Å². The molecule has 25 nitrogen and oxygen atoms in total. The second kappa shape index (κ2) is 72.2. The third kappa shape index (κ3) is 51.9. The number of rotatable bonds is 79. The molecule has 2 aliphatic heterocycles. The smallest absolute Gasteiger partial charge is 0.463 e. The molecule has 0 aromatic heterocycles. The molecule has 0 amide bonds. The first-order valence-corrected chi connectivity index (χ1v) is 50.3. The van der Waals surface area contributed by atoms with Crippen molar-refractivity contribution < 1.29 is 122 Å². The van der Waals surface area contributed by atoms with Gasteiger partial charge in [0.05, 0.1) is 13.2 Å². The highest BCUT2D eigenvalue weighted by Gasteiger charge is 2.60. The second-order valence-electron chi connectivity index (χ2n) is 35.2. The van der Waals surface area contributed by atoms with Gasteiger partial charge in [-0.15, -0.1) is 0 Å². The van der Waals surface area contributed by atoms with E-state index >= 15 is 0 Å². The van der Waals surface area contributed by atoms with Crippen LogP contribution < -0.4 is 0 Å². The molecular formula is C94H175O25P. The van der Waals surface area contributed by atoms with E-state index in [1.165, 1.54) is 186 Å². The molecule has 19 atom stereocenters. The van der Waals surface area contributed by atoms with Crippen molar-refractivity contribution in [2.24, 2.45) is 5.92 Å². The number of ether oxygens (including phenoxy) is 8. The molecule has 19 unspecified atom stereocenters. The Balaban J connectivity index is 1.91.